The first-order valence-corrected chi connectivity index (χ1v) is 5.46. The highest BCUT2D eigenvalue weighted by molar-refractivity contribution is 5.56. The fourth-order valence-electron chi connectivity index (χ4n) is 2.06. The number of hydrogen-bond donors (Lipinski definition) is 2. The van der Waals surface area contributed by atoms with Gasteiger partial charge in [0.25, 0.3) is 0 Å². The maximum atomic E-state index is 4.27. The van der Waals surface area contributed by atoms with Crippen molar-refractivity contribution >= 4 is 11.6 Å². The fraction of sp³-hybridized carbons (Fsp3) is 0.636. The van der Waals surface area contributed by atoms with Crippen LogP contribution in [0.25, 0.3) is 0 Å². The van der Waals surface area contributed by atoms with Crippen LogP contribution in [-0.2, 0) is 0 Å². The van der Waals surface area contributed by atoms with E-state index in [0.29, 0.717) is 6.04 Å². The van der Waals surface area contributed by atoms with Gasteiger partial charge in [-0.05, 0) is 25.7 Å². The SMILES string of the molecule is CNc1ncnc(NC2CC(C)C2)c1C. The molecule has 0 bridgehead atoms. The van der Waals surface area contributed by atoms with Crippen LogP contribution in [0.3, 0.4) is 0 Å². The molecule has 1 saturated carbocycles. The van der Waals surface area contributed by atoms with Crippen molar-refractivity contribution in [1.29, 1.82) is 0 Å². The Morgan fingerprint density at radius 1 is 1.27 bits per heavy atom. The van der Waals surface area contributed by atoms with Crippen molar-refractivity contribution in [1.82, 2.24) is 9.97 Å². The predicted molar refractivity (Wildman–Crippen MR) is 62.1 cm³/mol. The summed E-state index contributed by atoms with van der Waals surface area (Å²) in [7, 11) is 1.88. The normalized spacial score (nSPS) is 24.5. The molecule has 0 unspecified atom stereocenters. The molecule has 0 aromatic carbocycles. The van der Waals surface area contributed by atoms with E-state index in [9.17, 15) is 0 Å². The molecule has 2 rings (SSSR count). The zero-order valence-electron chi connectivity index (χ0n) is 9.54. The van der Waals surface area contributed by atoms with Crippen LogP contribution in [0.4, 0.5) is 11.6 Å². The second-order valence-electron chi connectivity index (χ2n) is 4.36. The molecule has 15 heavy (non-hydrogen) atoms. The molecule has 4 heteroatoms. The monoisotopic (exact) mass is 206 g/mol. The third-order valence-corrected chi connectivity index (χ3v) is 3.04. The molecular formula is C11H18N4. The van der Waals surface area contributed by atoms with Gasteiger partial charge in [0, 0.05) is 18.7 Å². The van der Waals surface area contributed by atoms with E-state index in [4.69, 9.17) is 0 Å². The van der Waals surface area contributed by atoms with Crippen molar-refractivity contribution in [3.8, 4) is 0 Å². The molecule has 1 aromatic rings. The van der Waals surface area contributed by atoms with Crippen molar-refractivity contribution in [3.63, 3.8) is 0 Å². The molecule has 0 amide bonds. The molecule has 1 aliphatic carbocycles. The standard InChI is InChI=1S/C11H18N4/c1-7-4-9(5-7)15-11-8(2)10(12-3)13-6-14-11/h6-7,9H,4-5H2,1-3H3,(H2,12,13,14,15). The van der Waals surface area contributed by atoms with E-state index in [1.807, 2.05) is 14.0 Å². The Kier molecular flexibility index (Phi) is 2.75. The van der Waals surface area contributed by atoms with E-state index in [1.54, 1.807) is 6.33 Å². The summed E-state index contributed by atoms with van der Waals surface area (Å²) in [5, 5.41) is 6.52. The maximum absolute atomic E-state index is 4.27. The quantitative estimate of drug-likeness (QED) is 0.794. The Morgan fingerprint density at radius 2 is 1.93 bits per heavy atom. The molecule has 1 aromatic heterocycles. The van der Waals surface area contributed by atoms with Crippen LogP contribution in [0.2, 0.25) is 0 Å². The molecule has 2 N–H and O–H groups in total. The minimum Gasteiger partial charge on any atom is -0.373 e. The first-order valence-electron chi connectivity index (χ1n) is 5.46. The van der Waals surface area contributed by atoms with Gasteiger partial charge in [0.05, 0.1) is 0 Å². The topological polar surface area (TPSA) is 49.8 Å². The summed E-state index contributed by atoms with van der Waals surface area (Å²) in [6.07, 6.45) is 4.10. The highest BCUT2D eigenvalue weighted by Crippen LogP contribution is 2.30. The summed E-state index contributed by atoms with van der Waals surface area (Å²) < 4.78 is 0. The van der Waals surface area contributed by atoms with E-state index in [-0.39, 0.29) is 0 Å². The molecule has 4 nitrogen and oxygen atoms in total. The summed E-state index contributed by atoms with van der Waals surface area (Å²) in [6.45, 7) is 4.32. The van der Waals surface area contributed by atoms with Crippen LogP contribution in [0, 0.1) is 12.8 Å². The number of rotatable bonds is 3. The number of hydrogen-bond acceptors (Lipinski definition) is 4. The van der Waals surface area contributed by atoms with Gasteiger partial charge in [-0.2, -0.15) is 0 Å². The van der Waals surface area contributed by atoms with E-state index in [1.165, 1.54) is 12.8 Å². The van der Waals surface area contributed by atoms with E-state index in [2.05, 4.69) is 27.5 Å². The van der Waals surface area contributed by atoms with Crippen molar-refractivity contribution in [2.24, 2.45) is 5.92 Å². The van der Waals surface area contributed by atoms with Crippen LogP contribution in [0.5, 0.6) is 0 Å². The Labute approximate surface area is 90.5 Å². The lowest BCUT2D eigenvalue weighted by Crippen LogP contribution is -2.34. The summed E-state index contributed by atoms with van der Waals surface area (Å²) in [5.74, 6) is 2.72. The van der Waals surface area contributed by atoms with Gasteiger partial charge in [-0.15, -0.1) is 0 Å². The van der Waals surface area contributed by atoms with Crippen LogP contribution < -0.4 is 10.6 Å². The Balaban J connectivity index is 2.07. The first kappa shape index (κ1) is 10.2. The molecule has 0 radical (unpaired) electrons. The van der Waals surface area contributed by atoms with Gasteiger partial charge in [0.15, 0.2) is 0 Å². The zero-order valence-corrected chi connectivity index (χ0v) is 9.54. The highest BCUT2D eigenvalue weighted by Gasteiger charge is 2.25. The third-order valence-electron chi connectivity index (χ3n) is 3.04. The lowest BCUT2D eigenvalue weighted by Gasteiger charge is -2.34. The number of anilines is 2. The molecule has 1 heterocycles. The van der Waals surface area contributed by atoms with Gasteiger partial charge in [0.1, 0.15) is 18.0 Å². The second kappa shape index (κ2) is 4.04. The van der Waals surface area contributed by atoms with Crippen LogP contribution >= 0.6 is 0 Å². The Morgan fingerprint density at radius 3 is 2.53 bits per heavy atom. The van der Waals surface area contributed by atoms with Gasteiger partial charge >= 0.3 is 0 Å². The summed E-state index contributed by atoms with van der Waals surface area (Å²) >= 11 is 0. The predicted octanol–water partition coefficient (Wildman–Crippen LogP) is 2.04. The molecule has 82 valence electrons. The van der Waals surface area contributed by atoms with Gasteiger partial charge in [-0.25, -0.2) is 9.97 Å². The smallest absolute Gasteiger partial charge is 0.134 e. The van der Waals surface area contributed by atoms with Crippen LogP contribution in [0.1, 0.15) is 25.3 Å². The third kappa shape index (κ3) is 2.03. The molecule has 1 aliphatic rings. The van der Waals surface area contributed by atoms with Gasteiger partial charge in [-0.3, -0.25) is 0 Å². The summed E-state index contributed by atoms with van der Waals surface area (Å²) in [4.78, 5) is 8.43. The van der Waals surface area contributed by atoms with E-state index < -0.39 is 0 Å². The lowest BCUT2D eigenvalue weighted by molar-refractivity contribution is 0.308. The molecule has 0 saturated heterocycles. The second-order valence-corrected chi connectivity index (χ2v) is 4.36. The minimum atomic E-state index is 0.596. The average Bonchev–Trinajstić information content (AvgIpc) is 2.18. The van der Waals surface area contributed by atoms with E-state index >= 15 is 0 Å². The van der Waals surface area contributed by atoms with Crippen molar-refractivity contribution in [2.45, 2.75) is 32.7 Å². The number of nitrogens with zero attached hydrogens (tertiary/aromatic N) is 2. The maximum Gasteiger partial charge on any atom is 0.134 e. The van der Waals surface area contributed by atoms with Crippen LogP contribution in [0.15, 0.2) is 6.33 Å². The molecular weight excluding hydrogens is 188 g/mol. The first-order chi connectivity index (χ1) is 7.20. The van der Waals surface area contributed by atoms with Crippen molar-refractivity contribution < 1.29 is 0 Å². The lowest BCUT2D eigenvalue weighted by atomic mass is 9.82. The van der Waals surface area contributed by atoms with Crippen molar-refractivity contribution in [3.05, 3.63) is 11.9 Å². The Bertz CT molecular complexity index is 344. The molecule has 0 aliphatic heterocycles. The number of aromatic nitrogens is 2. The number of nitrogens with one attached hydrogen (secondary N) is 2. The summed E-state index contributed by atoms with van der Waals surface area (Å²) in [6, 6.07) is 0.596. The zero-order chi connectivity index (χ0) is 10.8. The molecule has 1 fully saturated rings. The fourth-order valence-corrected chi connectivity index (χ4v) is 2.06. The van der Waals surface area contributed by atoms with Crippen LogP contribution in [-0.4, -0.2) is 23.1 Å². The molecule has 0 spiro atoms. The largest absolute Gasteiger partial charge is 0.373 e. The minimum absolute atomic E-state index is 0.596. The van der Waals surface area contributed by atoms with E-state index in [0.717, 1.165) is 23.1 Å². The van der Waals surface area contributed by atoms with Crippen molar-refractivity contribution in [2.75, 3.05) is 17.7 Å². The average molecular weight is 206 g/mol. The summed E-state index contributed by atoms with van der Waals surface area (Å²) in [5.41, 5.74) is 1.10. The van der Waals surface area contributed by atoms with Gasteiger partial charge < -0.3 is 10.6 Å². The Hall–Kier alpha value is -1.32. The van der Waals surface area contributed by atoms with Gasteiger partial charge in [-0.1, -0.05) is 6.92 Å². The highest BCUT2D eigenvalue weighted by atomic mass is 15.1. The van der Waals surface area contributed by atoms with Gasteiger partial charge in [0.2, 0.25) is 0 Å². The molecule has 0 atom stereocenters.